The first kappa shape index (κ1) is 32.1. The molecule has 1 fully saturated rings. The average Bonchev–Trinajstić information content (AvgIpc) is 3.88. The van der Waals surface area contributed by atoms with E-state index in [1.807, 2.05) is 30.5 Å². The van der Waals surface area contributed by atoms with Crippen molar-refractivity contribution in [2.24, 2.45) is 14.1 Å². The van der Waals surface area contributed by atoms with Gasteiger partial charge in [-0.05, 0) is 66.8 Å². The fourth-order valence-electron chi connectivity index (χ4n) is 6.16. The highest BCUT2D eigenvalue weighted by molar-refractivity contribution is 6.29. The third kappa shape index (κ3) is 7.07. The van der Waals surface area contributed by atoms with Crippen LogP contribution >= 0.6 is 11.6 Å². The van der Waals surface area contributed by atoms with Crippen molar-refractivity contribution in [3.8, 4) is 22.3 Å². The zero-order valence-electron chi connectivity index (χ0n) is 26.9. The standard InChI is InChI=1S/C22H22FN7.C13H10ClFN4/c1-30-13-17(20(10-23)29-30)16-8-19-18(24-11-16)6-7-21(26-19)27-22-9-15(12-25-28-22)14-4-2-3-5-14;1-19-7-9(12(5-15)18-19)8-4-11-10(16-6-8)2-3-13(14)17-11/h6-9,11-14H,2-5,10H2,1H3,(H,26,27,28);2-4,6-7H,5H2,1H3. The van der Waals surface area contributed by atoms with Crippen molar-refractivity contribution in [1.82, 2.24) is 49.7 Å². The van der Waals surface area contributed by atoms with Crippen LogP contribution in [0.4, 0.5) is 20.4 Å². The molecule has 0 spiro atoms. The molecule has 0 radical (unpaired) electrons. The van der Waals surface area contributed by atoms with Crippen LogP contribution in [0.1, 0.15) is 48.6 Å². The van der Waals surface area contributed by atoms with Gasteiger partial charge in [0.05, 0.1) is 28.3 Å². The molecule has 7 aromatic heterocycles. The Morgan fingerprint density at radius 1 is 0.735 bits per heavy atom. The first-order valence-electron chi connectivity index (χ1n) is 15.8. The van der Waals surface area contributed by atoms with E-state index in [0.717, 1.165) is 33.3 Å². The predicted molar refractivity (Wildman–Crippen MR) is 185 cm³/mol. The van der Waals surface area contributed by atoms with Gasteiger partial charge in [0.15, 0.2) is 5.82 Å². The van der Waals surface area contributed by atoms with Gasteiger partial charge >= 0.3 is 0 Å². The van der Waals surface area contributed by atoms with Gasteiger partial charge < -0.3 is 5.32 Å². The maximum Gasteiger partial charge on any atom is 0.154 e. The molecule has 0 unspecified atom stereocenters. The molecular formula is C35H32ClF2N11. The molecule has 1 aliphatic carbocycles. The highest BCUT2D eigenvalue weighted by atomic mass is 35.5. The van der Waals surface area contributed by atoms with Crippen molar-refractivity contribution in [3.05, 3.63) is 95.6 Å². The number of nitrogens with zero attached hydrogens (tertiary/aromatic N) is 10. The predicted octanol–water partition coefficient (Wildman–Crippen LogP) is 7.84. The zero-order valence-corrected chi connectivity index (χ0v) is 27.6. The van der Waals surface area contributed by atoms with E-state index in [2.05, 4.69) is 51.7 Å². The van der Waals surface area contributed by atoms with E-state index < -0.39 is 13.3 Å². The first-order valence-corrected chi connectivity index (χ1v) is 16.2. The van der Waals surface area contributed by atoms with Gasteiger partial charge in [0.2, 0.25) is 0 Å². The van der Waals surface area contributed by atoms with Gasteiger partial charge in [-0.1, -0.05) is 24.4 Å². The van der Waals surface area contributed by atoms with E-state index in [1.165, 1.54) is 31.2 Å². The summed E-state index contributed by atoms with van der Waals surface area (Å²) < 4.78 is 29.4. The van der Waals surface area contributed by atoms with E-state index in [-0.39, 0.29) is 0 Å². The molecule has 1 aliphatic rings. The van der Waals surface area contributed by atoms with E-state index in [1.54, 1.807) is 60.4 Å². The Hall–Kier alpha value is -5.43. The molecule has 0 bridgehead atoms. The van der Waals surface area contributed by atoms with Gasteiger partial charge in [-0.15, -0.1) is 5.10 Å². The summed E-state index contributed by atoms with van der Waals surface area (Å²) in [5.74, 6) is 1.92. The second-order valence-corrected chi connectivity index (χ2v) is 12.3. The number of anilines is 2. The van der Waals surface area contributed by atoms with Gasteiger partial charge in [-0.25, -0.2) is 18.7 Å². The monoisotopic (exact) mass is 679 g/mol. The molecule has 49 heavy (non-hydrogen) atoms. The Bertz CT molecular complexity index is 2260. The highest BCUT2D eigenvalue weighted by Gasteiger charge is 2.18. The summed E-state index contributed by atoms with van der Waals surface area (Å²) in [6.45, 7) is -1.24. The average molecular weight is 680 g/mol. The van der Waals surface area contributed by atoms with Crippen molar-refractivity contribution >= 4 is 45.3 Å². The lowest BCUT2D eigenvalue weighted by atomic mass is 10.0. The Morgan fingerprint density at radius 3 is 1.94 bits per heavy atom. The van der Waals surface area contributed by atoms with Crippen LogP contribution in [0.3, 0.4) is 0 Å². The summed E-state index contributed by atoms with van der Waals surface area (Å²) in [5.41, 5.74) is 7.94. The number of pyridine rings is 4. The van der Waals surface area contributed by atoms with Gasteiger partial charge in [-0.3, -0.25) is 19.3 Å². The van der Waals surface area contributed by atoms with Crippen LogP contribution in [0.2, 0.25) is 5.15 Å². The van der Waals surface area contributed by atoms with Crippen molar-refractivity contribution < 1.29 is 8.78 Å². The number of fused-ring (bicyclic) bond motifs is 2. The third-order valence-corrected chi connectivity index (χ3v) is 8.70. The van der Waals surface area contributed by atoms with Gasteiger partial charge in [0, 0.05) is 61.1 Å². The molecular weight excluding hydrogens is 648 g/mol. The second kappa shape index (κ2) is 14.0. The Balaban J connectivity index is 0.000000171. The van der Waals surface area contributed by atoms with Crippen LogP contribution < -0.4 is 5.32 Å². The molecule has 0 atom stereocenters. The zero-order chi connectivity index (χ0) is 33.9. The van der Waals surface area contributed by atoms with E-state index in [4.69, 9.17) is 11.6 Å². The fraction of sp³-hybridized carbons (Fsp3) is 0.257. The molecule has 7 heterocycles. The smallest absolute Gasteiger partial charge is 0.154 e. The van der Waals surface area contributed by atoms with Crippen molar-refractivity contribution in [3.63, 3.8) is 0 Å². The van der Waals surface area contributed by atoms with Crippen molar-refractivity contribution in [2.45, 2.75) is 45.0 Å². The molecule has 248 valence electrons. The molecule has 0 aliphatic heterocycles. The topological polar surface area (TPSA) is 125 Å². The summed E-state index contributed by atoms with van der Waals surface area (Å²) in [4.78, 5) is 17.7. The van der Waals surface area contributed by atoms with Crippen molar-refractivity contribution in [1.29, 1.82) is 0 Å². The molecule has 0 amide bonds. The largest absolute Gasteiger partial charge is 0.323 e. The van der Waals surface area contributed by atoms with Gasteiger partial charge in [0.1, 0.15) is 35.7 Å². The van der Waals surface area contributed by atoms with Gasteiger partial charge in [0.25, 0.3) is 0 Å². The number of rotatable bonds is 7. The van der Waals surface area contributed by atoms with Crippen LogP contribution in [0.25, 0.3) is 44.3 Å². The lowest BCUT2D eigenvalue weighted by molar-refractivity contribution is 0.472. The molecule has 7 aromatic rings. The number of aromatic nitrogens is 10. The number of hydrogen-bond donors (Lipinski definition) is 1. The Morgan fingerprint density at radius 2 is 1.33 bits per heavy atom. The summed E-state index contributed by atoms with van der Waals surface area (Å²) in [7, 11) is 3.53. The first-order chi connectivity index (χ1) is 23.9. The number of hydrogen-bond acceptors (Lipinski definition) is 9. The van der Waals surface area contributed by atoms with Crippen molar-refractivity contribution in [2.75, 3.05) is 5.32 Å². The Labute approximate surface area is 285 Å². The number of alkyl halides is 2. The molecule has 11 nitrogen and oxygen atoms in total. The van der Waals surface area contributed by atoms with Crippen LogP contribution in [0.5, 0.6) is 0 Å². The van der Waals surface area contributed by atoms with E-state index in [0.29, 0.717) is 45.1 Å². The normalized spacial score (nSPS) is 13.2. The minimum atomic E-state index is -0.626. The van der Waals surface area contributed by atoms with Crippen LogP contribution in [0, 0.1) is 0 Å². The number of nitrogens with one attached hydrogen (secondary N) is 1. The summed E-state index contributed by atoms with van der Waals surface area (Å²) in [6.07, 6.45) is 13.8. The Kier molecular flexibility index (Phi) is 9.16. The molecule has 14 heteroatoms. The minimum absolute atomic E-state index is 0.394. The maximum absolute atomic E-state index is 13.3. The van der Waals surface area contributed by atoms with Crippen LogP contribution in [-0.4, -0.2) is 49.7 Å². The number of aryl methyl sites for hydroxylation is 2. The quantitative estimate of drug-likeness (QED) is 0.168. The van der Waals surface area contributed by atoms with Crippen LogP contribution in [0.15, 0.2) is 73.4 Å². The summed E-state index contributed by atoms with van der Waals surface area (Å²) in [6, 6.07) is 13.1. The van der Waals surface area contributed by atoms with Gasteiger partial charge in [-0.2, -0.15) is 15.3 Å². The SMILES string of the molecule is Cn1cc(-c2cnc3ccc(Cl)nc3c2)c(CF)n1.Cn1cc(-c2cnc3ccc(Nc4cc(C5CCCC5)cnn4)nc3c2)c(CF)n1. The van der Waals surface area contributed by atoms with E-state index in [9.17, 15) is 8.78 Å². The van der Waals surface area contributed by atoms with E-state index >= 15 is 0 Å². The number of halogens is 3. The lowest BCUT2D eigenvalue weighted by Gasteiger charge is -2.11. The maximum atomic E-state index is 13.3. The minimum Gasteiger partial charge on any atom is -0.323 e. The third-order valence-electron chi connectivity index (χ3n) is 8.48. The summed E-state index contributed by atoms with van der Waals surface area (Å²) in [5, 5.41) is 20.3. The molecule has 8 rings (SSSR count). The lowest BCUT2D eigenvalue weighted by Crippen LogP contribution is -2.01. The molecule has 1 N–H and O–H groups in total. The molecule has 0 aromatic carbocycles. The molecule has 1 saturated carbocycles. The second-order valence-electron chi connectivity index (χ2n) is 11.9. The van der Waals surface area contributed by atoms with Crippen LogP contribution in [-0.2, 0) is 27.4 Å². The molecule has 0 saturated heterocycles. The summed E-state index contributed by atoms with van der Waals surface area (Å²) >= 11 is 5.86. The fourth-order valence-corrected chi connectivity index (χ4v) is 6.31. The highest BCUT2D eigenvalue weighted by Crippen LogP contribution is 2.34.